The Balaban J connectivity index is 3.49. The summed E-state index contributed by atoms with van der Waals surface area (Å²) in [5.74, 6) is -5.42. The number of carbonyl (C=O) groups is 9. The van der Waals surface area contributed by atoms with Crippen LogP contribution >= 0.6 is 0 Å². The molecule has 0 saturated carbocycles. The van der Waals surface area contributed by atoms with Gasteiger partial charge in [-0.2, -0.15) is 0 Å². The molecule has 9 N–H and O–H groups in total. The van der Waals surface area contributed by atoms with E-state index < -0.39 is 60.4 Å². The fourth-order valence-corrected chi connectivity index (χ4v) is 6.09. The van der Waals surface area contributed by atoms with Crippen molar-refractivity contribution in [2.24, 2.45) is 5.92 Å². The number of urea groups is 1. The molecule has 0 aliphatic carbocycles. The Hall–Kier alpha value is -5.17. The number of hydrogen-bond acceptors (Lipinski definition) is 19. The van der Waals surface area contributed by atoms with E-state index in [1.165, 1.54) is 0 Å². The Morgan fingerprint density at radius 1 is 0.421 bits per heavy atom. The fourth-order valence-electron chi connectivity index (χ4n) is 6.09. The maximum absolute atomic E-state index is 12.3. The number of aliphatic carboxylic acids is 3. The number of rotatable bonds is 54. The van der Waals surface area contributed by atoms with Crippen LogP contribution in [0.4, 0.5) is 4.79 Å². The van der Waals surface area contributed by atoms with E-state index in [4.69, 9.17) is 57.6 Å². The number of nitrogens with one attached hydrogen (secondary N) is 6. The summed E-state index contributed by atoms with van der Waals surface area (Å²) < 4.78 is 54.3. The molecule has 0 aliphatic heterocycles. The van der Waals surface area contributed by atoms with Gasteiger partial charge in [-0.05, 0) is 51.4 Å². The number of carboxylic acids is 3. The summed E-state index contributed by atoms with van der Waals surface area (Å²) in [6.07, 6.45) is 2.74. The van der Waals surface area contributed by atoms with Gasteiger partial charge in [0.05, 0.1) is 125 Å². The van der Waals surface area contributed by atoms with Gasteiger partial charge in [0.2, 0.25) is 23.6 Å². The molecule has 4 atom stereocenters. The molecule has 6 amide bonds. The molecular weight excluding hydrogens is 1010 g/mol. The summed E-state index contributed by atoms with van der Waals surface area (Å²) in [4.78, 5) is 105. The van der Waals surface area contributed by atoms with Gasteiger partial charge in [0, 0.05) is 25.9 Å². The molecule has 0 aromatic carbocycles. The van der Waals surface area contributed by atoms with Crippen LogP contribution in [0.5, 0.6) is 0 Å². The Bertz CT molecular complexity index is 1600. The highest BCUT2D eigenvalue weighted by Crippen LogP contribution is 2.06. The molecule has 0 spiro atoms. The average Bonchev–Trinajstić information content (AvgIpc) is 3.37. The third-order valence-electron chi connectivity index (χ3n) is 10.2. The summed E-state index contributed by atoms with van der Waals surface area (Å²) in [5, 5.41) is 42.2. The van der Waals surface area contributed by atoms with E-state index in [1.807, 2.05) is 13.8 Å². The van der Waals surface area contributed by atoms with Crippen molar-refractivity contribution in [3.63, 3.8) is 0 Å². The predicted octanol–water partition coefficient (Wildman–Crippen LogP) is -0.970. The highest BCUT2D eigenvalue weighted by atomic mass is 16.6. The smallest absolute Gasteiger partial charge is 0.326 e. The average molecular weight is 1100 g/mol. The van der Waals surface area contributed by atoms with Gasteiger partial charge >= 0.3 is 23.9 Å². The Kier molecular flexibility index (Phi) is 46.0. The van der Waals surface area contributed by atoms with Crippen LogP contribution in [0.2, 0.25) is 0 Å². The van der Waals surface area contributed by atoms with E-state index in [-0.39, 0.29) is 82.5 Å². The molecule has 0 aromatic rings. The van der Waals surface area contributed by atoms with Gasteiger partial charge in [-0.3, -0.25) is 24.0 Å². The molecule has 0 saturated heterocycles. The quantitative estimate of drug-likeness (QED) is 0.0261. The molecule has 0 heterocycles. The summed E-state index contributed by atoms with van der Waals surface area (Å²) in [6.45, 7) is 12.1. The van der Waals surface area contributed by atoms with Crippen molar-refractivity contribution in [3.05, 3.63) is 0 Å². The Morgan fingerprint density at radius 3 is 1.14 bits per heavy atom. The largest absolute Gasteiger partial charge is 0.481 e. The molecule has 0 aromatic heterocycles. The van der Waals surface area contributed by atoms with Gasteiger partial charge in [-0.15, -0.1) is 0 Å². The molecule has 0 fully saturated rings. The monoisotopic (exact) mass is 1100 g/mol. The lowest BCUT2D eigenvalue weighted by Gasteiger charge is -2.22. The van der Waals surface area contributed by atoms with Crippen LogP contribution in [-0.4, -0.2) is 239 Å². The predicted molar refractivity (Wildman–Crippen MR) is 268 cm³/mol. The van der Waals surface area contributed by atoms with Crippen molar-refractivity contribution in [1.82, 2.24) is 31.9 Å². The van der Waals surface area contributed by atoms with Crippen LogP contribution in [-0.2, 0) is 85.7 Å². The molecule has 440 valence electrons. The molecule has 4 unspecified atom stereocenters. The number of ether oxygens (including phenoxy) is 10. The zero-order valence-electron chi connectivity index (χ0n) is 44.5. The van der Waals surface area contributed by atoms with E-state index >= 15 is 0 Å². The molecule has 28 heteroatoms. The minimum absolute atomic E-state index is 0.00652. The zero-order valence-corrected chi connectivity index (χ0v) is 44.5. The first-order valence-electron chi connectivity index (χ1n) is 25.7. The lowest BCUT2D eigenvalue weighted by atomic mass is 10.0. The van der Waals surface area contributed by atoms with Crippen molar-refractivity contribution >= 4 is 53.9 Å². The molecule has 28 nitrogen and oxygen atoms in total. The van der Waals surface area contributed by atoms with Gasteiger partial charge in [0.1, 0.15) is 37.6 Å². The van der Waals surface area contributed by atoms with Crippen LogP contribution in [0.15, 0.2) is 0 Å². The van der Waals surface area contributed by atoms with Crippen LogP contribution < -0.4 is 31.9 Å². The summed E-state index contributed by atoms with van der Waals surface area (Å²) >= 11 is 0. The van der Waals surface area contributed by atoms with Crippen molar-refractivity contribution < 1.29 is 106 Å². The molecule has 0 bridgehead atoms. The number of aldehydes is 1. The lowest BCUT2D eigenvalue weighted by Crippen LogP contribution is -2.51. The number of amides is 6. The second-order valence-corrected chi connectivity index (χ2v) is 17.1. The van der Waals surface area contributed by atoms with E-state index in [9.17, 15) is 48.3 Å². The number of unbranched alkanes of at least 4 members (excludes halogenated alkanes) is 3. The summed E-state index contributed by atoms with van der Waals surface area (Å²) in [5.41, 5.74) is 0. The zero-order chi connectivity index (χ0) is 56.4. The van der Waals surface area contributed by atoms with Crippen LogP contribution in [0.25, 0.3) is 0 Å². The first-order valence-corrected chi connectivity index (χ1v) is 25.7. The first-order chi connectivity index (χ1) is 36.6. The lowest BCUT2D eigenvalue weighted by molar-refractivity contribution is -0.141. The van der Waals surface area contributed by atoms with Gasteiger partial charge in [-0.25, -0.2) is 14.4 Å². The van der Waals surface area contributed by atoms with Crippen molar-refractivity contribution in [1.29, 1.82) is 0 Å². The number of hydrogen-bond donors (Lipinski definition) is 9. The van der Waals surface area contributed by atoms with E-state index in [1.54, 1.807) is 6.92 Å². The third kappa shape index (κ3) is 45.1. The number of carbonyl (C=O) groups excluding carboxylic acids is 6. The molecular formula is C48H86N6O22. The first kappa shape index (κ1) is 70.8. The minimum atomic E-state index is -1.50. The van der Waals surface area contributed by atoms with Crippen molar-refractivity contribution in [3.8, 4) is 0 Å². The second-order valence-electron chi connectivity index (χ2n) is 17.1. The number of carboxylic acid groups (broad SMARTS) is 3. The highest BCUT2D eigenvalue weighted by Gasteiger charge is 2.26. The normalized spacial score (nSPS) is 12.7. The van der Waals surface area contributed by atoms with Gasteiger partial charge in [0.15, 0.2) is 0 Å². The highest BCUT2D eigenvalue weighted by molar-refractivity contribution is 5.89. The van der Waals surface area contributed by atoms with Crippen LogP contribution in [0, 0.1) is 5.92 Å². The van der Waals surface area contributed by atoms with Crippen LogP contribution in [0.3, 0.4) is 0 Å². The fraction of sp³-hybridized carbons (Fsp3) is 0.812. The minimum Gasteiger partial charge on any atom is -0.481 e. The van der Waals surface area contributed by atoms with Crippen molar-refractivity contribution in [2.75, 3.05) is 145 Å². The van der Waals surface area contributed by atoms with E-state index in [0.29, 0.717) is 138 Å². The molecule has 76 heavy (non-hydrogen) atoms. The van der Waals surface area contributed by atoms with Gasteiger partial charge < -0.3 is 99.4 Å². The summed E-state index contributed by atoms with van der Waals surface area (Å²) in [6, 6.07) is -5.23. The SMILES string of the molecule is CC(C=O)NC(=O)C(NC(=O)CCCCCNC(=O)COCCOCCOCCOCCOCCOCCOCCOCCOCCOCC(=O)NCCCCC(NC(=O)NC(CCC(=O)O)C(=O)O)C(=O)O)C(C)C. The maximum Gasteiger partial charge on any atom is 0.326 e. The Labute approximate surface area is 444 Å². The second kappa shape index (κ2) is 49.4. The molecule has 0 radical (unpaired) electrons. The molecule has 0 rings (SSSR count). The Morgan fingerprint density at radius 2 is 0.789 bits per heavy atom. The van der Waals surface area contributed by atoms with Crippen molar-refractivity contribution in [2.45, 2.75) is 103 Å². The van der Waals surface area contributed by atoms with Gasteiger partial charge in [-0.1, -0.05) is 20.3 Å². The molecule has 0 aliphatic rings. The topological polar surface area (TPSA) is 379 Å². The standard InChI is InChI=1S/C48H86N6O22/c1-36(2)44(45(61)51-37(3)33-55)54-40(56)10-5-4-7-13-49-41(57)34-75-31-29-73-27-25-71-23-21-69-19-17-67-15-16-68-18-20-70-22-24-72-26-28-74-30-32-76-35-42(58)50-14-8-6-9-38(46(62)63)52-48(66)53-39(47(64)65)11-12-43(59)60/h33,36-39,44H,4-32,34-35H2,1-3H3,(H,49,57)(H,50,58)(H,51,61)(H,54,56)(H,59,60)(H,62,63)(H,64,65)(H2,52,53,66). The van der Waals surface area contributed by atoms with E-state index in [0.717, 1.165) is 6.42 Å². The maximum atomic E-state index is 12.3. The van der Waals surface area contributed by atoms with E-state index in [2.05, 4.69) is 31.9 Å². The third-order valence-corrected chi connectivity index (χ3v) is 10.2. The van der Waals surface area contributed by atoms with Gasteiger partial charge in [0.25, 0.3) is 0 Å². The summed E-state index contributed by atoms with van der Waals surface area (Å²) in [7, 11) is 0. The van der Waals surface area contributed by atoms with Crippen LogP contribution in [0.1, 0.15) is 78.6 Å².